The number of β-amino-alcohol motifs (C(OH)–C–C–N with tert-alkyl or cyclic N) is 1. The summed E-state index contributed by atoms with van der Waals surface area (Å²) in [5.41, 5.74) is -0.551. The standard InChI is InChI=1S/C10H19NO2/c1-8(6-9(2)12)11-5-4-10(3,13)7-11/h8,13H,4-7H2,1-3H3. The SMILES string of the molecule is CC(=O)CC(C)N1CCC(C)(O)C1. The van der Waals surface area contributed by atoms with Crippen molar-refractivity contribution in [3.63, 3.8) is 0 Å². The number of ketones is 1. The molecule has 0 aromatic carbocycles. The molecule has 2 atom stereocenters. The lowest BCUT2D eigenvalue weighted by molar-refractivity contribution is -0.118. The molecule has 3 heteroatoms. The zero-order valence-electron chi connectivity index (χ0n) is 8.71. The number of likely N-dealkylation sites (tertiary alicyclic amines) is 1. The Kier molecular flexibility index (Phi) is 3.09. The van der Waals surface area contributed by atoms with Gasteiger partial charge in [-0.05, 0) is 27.2 Å². The van der Waals surface area contributed by atoms with E-state index in [4.69, 9.17) is 0 Å². The van der Waals surface area contributed by atoms with Crippen molar-refractivity contribution in [3.8, 4) is 0 Å². The topological polar surface area (TPSA) is 40.5 Å². The average Bonchev–Trinajstić information content (AvgIpc) is 2.28. The van der Waals surface area contributed by atoms with Crippen molar-refractivity contribution in [2.45, 2.75) is 45.3 Å². The van der Waals surface area contributed by atoms with Crippen LogP contribution in [0.4, 0.5) is 0 Å². The summed E-state index contributed by atoms with van der Waals surface area (Å²) in [5.74, 6) is 0.221. The quantitative estimate of drug-likeness (QED) is 0.707. The van der Waals surface area contributed by atoms with Crippen LogP contribution in [0.5, 0.6) is 0 Å². The average molecular weight is 185 g/mol. The van der Waals surface area contributed by atoms with E-state index in [0.29, 0.717) is 13.0 Å². The molecule has 0 aliphatic carbocycles. The summed E-state index contributed by atoms with van der Waals surface area (Å²) in [6.45, 7) is 7.11. The van der Waals surface area contributed by atoms with Crippen molar-refractivity contribution in [3.05, 3.63) is 0 Å². The zero-order valence-corrected chi connectivity index (χ0v) is 8.71. The predicted octanol–water partition coefficient (Wildman–Crippen LogP) is 0.811. The molecular formula is C10H19NO2. The molecule has 13 heavy (non-hydrogen) atoms. The van der Waals surface area contributed by atoms with Gasteiger partial charge in [-0.25, -0.2) is 0 Å². The molecule has 3 nitrogen and oxygen atoms in total. The first-order valence-corrected chi connectivity index (χ1v) is 4.86. The molecule has 0 aromatic rings. The minimum Gasteiger partial charge on any atom is -0.389 e. The van der Waals surface area contributed by atoms with Crippen molar-refractivity contribution in [2.24, 2.45) is 0 Å². The molecule has 1 fully saturated rings. The van der Waals surface area contributed by atoms with Crippen molar-refractivity contribution < 1.29 is 9.90 Å². The number of aliphatic hydroxyl groups is 1. The minimum atomic E-state index is -0.551. The highest BCUT2D eigenvalue weighted by Gasteiger charge is 2.33. The van der Waals surface area contributed by atoms with Crippen LogP contribution in [0.15, 0.2) is 0 Å². The Hall–Kier alpha value is -0.410. The number of hydrogen-bond donors (Lipinski definition) is 1. The van der Waals surface area contributed by atoms with E-state index in [1.165, 1.54) is 0 Å². The van der Waals surface area contributed by atoms with E-state index >= 15 is 0 Å². The summed E-state index contributed by atoms with van der Waals surface area (Å²) in [4.78, 5) is 13.1. The van der Waals surface area contributed by atoms with Crippen molar-refractivity contribution in [2.75, 3.05) is 13.1 Å². The molecule has 0 aromatic heterocycles. The Morgan fingerprint density at radius 3 is 2.69 bits per heavy atom. The normalized spacial score (nSPS) is 32.0. The lowest BCUT2D eigenvalue weighted by Crippen LogP contribution is -2.36. The molecule has 1 rings (SSSR count). The van der Waals surface area contributed by atoms with Gasteiger partial charge in [0, 0.05) is 25.6 Å². The van der Waals surface area contributed by atoms with E-state index in [1.54, 1.807) is 6.92 Å². The maximum atomic E-state index is 10.9. The molecule has 1 aliphatic rings. The molecule has 2 unspecified atom stereocenters. The maximum absolute atomic E-state index is 10.9. The fourth-order valence-corrected chi connectivity index (χ4v) is 1.90. The van der Waals surface area contributed by atoms with E-state index in [-0.39, 0.29) is 11.8 Å². The summed E-state index contributed by atoms with van der Waals surface area (Å²) in [6, 6.07) is 0.270. The number of rotatable bonds is 3. The third-order valence-electron chi connectivity index (χ3n) is 2.69. The van der Waals surface area contributed by atoms with Crippen LogP contribution in [-0.2, 0) is 4.79 Å². The molecule has 1 N–H and O–H groups in total. The van der Waals surface area contributed by atoms with Gasteiger partial charge in [0.15, 0.2) is 0 Å². The van der Waals surface area contributed by atoms with Crippen LogP contribution in [0.1, 0.15) is 33.6 Å². The molecule has 1 heterocycles. The second-order valence-electron chi connectivity index (χ2n) is 4.47. The van der Waals surface area contributed by atoms with E-state index in [2.05, 4.69) is 4.90 Å². The largest absolute Gasteiger partial charge is 0.389 e. The highest BCUT2D eigenvalue weighted by molar-refractivity contribution is 5.76. The minimum absolute atomic E-state index is 0.221. The van der Waals surface area contributed by atoms with Crippen LogP contribution < -0.4 is 0 Å². The molecule has 0 amide bonds. The predicted molar refractivity (Wildman–Crippen MR) is 51.6 cm³/mol. The van der Waals surface area contributed by atoms with Gasteiger partial charge in [-0.2, -0.15) is 0 Å². The summed E-state index contributed by atoms with van der Waals surface area (Å²) in [5, 5.41) is 9.72. The monoisotopic (exact) mass is 185 g/mol. The first-order valence-electron chi connectivity index (χ1n) is 4.86. The van der Waals surface area contributed by atoms with Gasteiger partial charge in [-0.1, -0.05) is 0 Å². The summed E-state index contributed by atoms with van der Waals surface area (Å²) < 4.78 is 0. The number of hydrogen-bond acceptors (Lipinski definition) is 3. The number of Topliss-reactive ketones (excluding diaryl/α,β-unsaturated/α-hetero) is 1. The van der Waals surface area contributed by atoms with Gasteiger partial charge in [-0.15, -0.1) is 0 Å². The van der Waals surface area contributed by atoms with Gasteiger partial charge in [-0.3, -0.25) is 9.69 Å². The van der Waals surface area contributed by atoms with Crippen molar-refractivity contribution in [1.82, 2.24) is 4.90 Å². The Morgan fingerprint density at radius 2 is 2.31 bits per heavy atom. The third kappa shape index (κ3) is 3.08. The van der Waals surface area contributed by atoms with Crippen LogP contribution in [0, 0.1) is 0 Å². The lowest BCUT2D eigenvalue weighted by Gasteiger charge is -2.24. The molecule has 0 radical (unpaired) electrons. The highest BCUT2D eigenvalue weighted by Crippen LogP contribution is 2.23. The Morgan fingerprint density at radius 1 is 1.69 bits per heavy atom. The van der Waals surface area contributed by atoms with E-state index < -0.39 is 5.60 Å². The van der Waals surface area contributed by atoms with Gasteiger partial charge < -0.3 is 5.11 Å². The van der Waals surface area contributed by atoms with E-state index in [0.717, 1.165) is 13.0 Å². The second kappa shape index (κ2) is 3.76. The Balaban J connectivity index is 2.42. The van der Waals surface area contributed by atoms with Crippen LogP contribution >= 0.6 is 0 Å². The first kappa shape index (κ1) is 10.7. The van der Waals surface area contributed by atoms with Gasteiger partial charge in [0.25, 0.3) is 0 Å². The fourth-order valence-electron chi connectivity index (χ4n) is 1.90. The van der Waals surface area contributed by atoms with Gasteiger partial charge in [0.1, 0.15) is 5.78 Å². The second-order valence-corrected chi connectivity index (χ2v) is 4.47. The molecule has 1 aliphatic heterocycles. The Labute approximate surface area is 79.7 Å². The fraction of sp³-hybridized carbons (Fsp3) is 0.900. The number of carbonyl (C=O) groups excluding carboxylic acids is 1. The smallest absolute Gasteiger partial charge is 0.131 e. The number of nitrogens with zero attached hydrogens (tertiary/aromatic N) is 1. The zero-order chi connectivity index (χ0) is 10.1. The van der Waals surface area contributed by atoms with Gasteiger partial charge in [0.2, 0.25) is 0 Å². The molecule has 0 spiro atoms. The van der Waals surface area contributed by atoms with Crippen LogP contribution in [0.2, 0.25) is 0 Å². The summed E-state index contributed by atoms with van der Waals surface area (Å²) >= 11 is 0. The van der Waals surface area contributed by atoms with E-state index in [1.807, 2.05) is 13.8 Å². The Bertz CT molecular complexity index is 201. The third-order valence-corrected chi connectivity index (χ3v) is 2.69. The molecule has 76 valence electrons. The van der Waals surface area contributed by atoms with Gasteiger partial charge in [0.05, 0.1) is 5.60 Å². The van der Waals surface area contributed by atoms with Crippen molar-refractivity contribution >= 4 is 5.78 Å². The molecular weight excluding hydrogens is 166 g/mol. The summed E-state index contributed by atoms with van der Waals surface area (Å²) in [7, 11) is 0. The highest BCUT2D eigenvalue weighted by atomic mass is 16.3. The van der Waals surface area contributed by atoms with Gasteiger partial charge >= 0.3 is 0 Å². The summed E-state index contributed by atoms with van der Waals surface area (Å²) in [6.07, 6.45) is 1.41. The van der Waals surface area contributed by atoms with Crippen LogP contribution in [0.3, 0.4) is 0 Å². The van der Waals surface area contributed by atoms with E-state index in [9.17, 15) is 9.90 Å². The van der Waals surface area contributed by atoms with Crippen LogP contribution in [-0.4, -0.2) is 40.5 Å². The van der Waals surface area contributed by atoms with Crippen LogP contribution in [0.25, 0.3) is 0 Å². The van der Waals surface area contributed by atoms with Crippen molar-refractivity contribution in [1.29, 1.82) is 0 Å². The number of carbonyl (C=O) groups is 1. The lowest BCUT2D eigenvalue weighted by atomic mass is 10.1. The molecule has 1 saturated heterocycles. The molecule has 0 bridgehead atoms. The molecule has 0 saturated carbocycles. The maximum Gasteiger partial charge on any atom is 0.131 e. The first-order chi connectivity index (χ1) is 5.91.